The van der Waals surface area contributed by atoms with Crippen LogP contribution >= 0.6 is 15.9 Å². The summed E-state index contributed by atoms with van der Waals surface area (Å²) in [5, 5.41) is 5.48. The molecule has 1 aromatic heterocycles. The maximum absolute atomic E-state index is 11.6. The fraction of sp³-hybridized carbons (Fsp3) is 0.0769. The Bertz CT molecular complexity index is 531. The molecule has 92 valence electrons. The molecule has 0 aliphatic heterocycles. The van der Waals surface area contributed by atoms with Gasteiger partial charge in [0.15, 0.2) is 0 Å². The van der Waals surface area contributed by atoms with Crippen molar-refractivity contribution in [2.75, 3.05) is 5.32 Å². The highest BCUT2D eigenvalue weighted by Gasteiger charge is 2.02. The quantitative estimate of drug-likeness (QED) is 0.915. The van der Waals surface area contributed by atoms with E-state index in [0.29, 0.717) is 6.54 Å². The first-order chi connectivity index (χ1) is 8.74. The van der Waals surface area contributed by atoms with E-state index in [1.165, 1.54) is 0 Å². The molecule has 0 fully saturated rings. The van der Waals surface area contributed by atoms with Crippen molar-refractivity contribution in [1.82, 2.24) is 10.3 Å². The van der Waals surface area contributed by atoms with Gasteiger partial charge in [-0.25, -0.2) is 4.79 Å². The Morgan fingerprint density at radius 1 is 1.22 bits per heavy atom. The predicted molar refractivity (Wildman–Crippen MR) is 74.2 cm³/mol. The van der Waals surface area contributed by atoms with Crippen LogP contribution in [0.3, 0.4) is 0 Å². The first-order valence-electron chi connectivity index (χ1n) is 5.44. The third-order valence-electron chi connectivity index (χ3n) is 2.24. The summed E-state index contributed by atoms with van der Waals surface area (Å²) in [4.78, 5) is 15.8. The van der Waals surface area contributed by atoms with Crippen LogP contribution in [-0.2, 0) is 6.54 Å². The highest BCUT2D eigenvalue weighted by Crippen LogP contribution is 2.15. The van der Waals surface area contributed by atoms with E-state index in [0.717, 1.165) is 15.9 Å². The van der Waals surface area contributed by atoms with Crippen molar-refractivity contribution in [1.29, 1.82) is 0 Å². The molecule has 0 bridgehead atoms. The summed E-state index contributed by atoms with van der Waals surface area (Å²) in [6, 6.07) is 12.8. The fourth-order valence-electron chi connectivity index (χ4n) is 1.42. The maximum atomic E-state index is 11.6. The van der Waals surface area contributed by atoms with Gasteiger partial charge in [0.05, 0.1) is 12.2 Å². The summed E-state index contributed by atoms with van der Waals surface area (Å²) in [5.41, 5.74) is 1.56. The molecule has 0 unspecified atom stereocenters. The summed E-state index contributed by atoms with van der Waals surface area (Å²) in [6.45, 7) is 0.403. The number of aromatic nitrogens is 1. The smallest absolute Gasteiger partial charge is 0.319 e. The van der Waals surface area contributed by atoms with E-state index < -0.39 is 0 Å². The molecule has 0 saturated carbocycles. The Balaban J connectivity index is 1.86. The number of amides is 2. The number of hydrogen-bond acceptors (Lipinski definition) is 2. The van der Waals surface area contributed by atoms with Gasteiger partial charge in [-0.15, -0.1) is 0 Å². The largest absolute Gasteiger partial charge is 0.332 e. The molecule has 1 heterocycles. The normalized spacial score (nSPS) is 9.83. The molecule has 0 aliphatic rings. The zero-order valence-electron chi connectivity index (χ0n) is 9.56. The van der Waals surface area contributed by atoms with Gasteiger partial charge in [-0.05, 0) is 30.3 Å². The first-order valence-corrected chi connectivity index (χ1v) is 6.24. The molecule has 0 radical (unpaired) electrons. The van der Waals surface area contributed by atoms with Crippen LogP contribution in [0.5, 0.6) is 0 Å². The lowest BCUT2D eigenvalue weighted by Gasteiger charge is -2.07. The lowest BCUT2D eigenvalue weighted by molar-refractivity contribution is 0.251. The molecule has 18 heavy (non-hydrogen) atoms. The number of nitrogens with zero attached hydrogens (tertiary/aromatic N) is 1. The van der Waals surface area contributed by atoms with Crippen molar-refractivity contribution in [3.8, 4) is 0 Å². The molecule has 2 aromatic rings. The molecule has 0 aliphatic carbocycles. The van der Waals surface area contributed by atoms with Crippen molar-refractivity contribution in [2.24, 2.45) is 0 Å². The number of rotatable bonds is 3. The summed E-state index contributed by atoms with van der Waals surface area (Å²) in [6.07, 6.45) is 1.70. The lowest BCUT2D eigenvalue weighted by Crippen LogP contribution is -2.28. The van der Waals surface area contributed by atoms with E-state index in [2.05, 4.69) is 31.5 Å². The number of carbonyl (C=O) groups excluding carboxylic acids is 1. The van der Waals surface area contributed by atoms with E-state index in [1.807, 2.05) is 42.5 Å². The standard InChI is InChI=1S/C13H12BrN3O/c14-10-4-3-6-11(8-10)17-13(18)16-9-12-5-1-2-7-15-12/h1-8H,9H2,(H2,16,17,18). The number of hydrogen-bond donors (Lipinski definition) is 2. The molecule has 4 nitrogen and oxygen atoms in total. The number of nitrogens with one attached hydrogen (secondary N) is 2. The Hall–Kier alpha value is -1.88. The van der Waals surface area contributed by atoms with E-state index in [-0.39, 0.29) is 6.03 Å². The van der Waals surface area contributed by atoms with Crippen LogP contribution in [0, 0.1) is 0 Å². The van der Waals surface area contributed by atoms with E-state index in [9.17, 15) is 4.79 Å². The fourth-order valence-corrected chi connectivity index (χ4v) is 1.81. The third kappa shape index (κ3) is 3.85. The van der Waals surface area contributed by atoms with Gasteiger partial charge >= 0.3 is 6.03 Å². The average molecular weight is 306 g/mol. The molecule has 0 saturated heterocycles. The second kappa shape index (κ2) is 6.16. The molecule has 1 aromatic carbocycles. The second-order valence-corrected chi connectivity index (χ2v) is 4.55. The van der Waals surface area contributed by atoms with Crippen LogP contribution in [0.2, 0.25) is 0 Å². The number of carbonyl (C=O) groups is 1. The van der Waals surface area contributed by atoms with Crippen LogP contribution in [0.4, 0.5) is 10.5 Å². The maximum Gasteiger partial charge on any atom is 0.319 e. The number of urea groups is 1. The van der Waals surface area contributed by atoms with Gasteiger partial charge in [-0.1, -0.05) is 28.1 Å². The highest BCUT2D eigenvalue weighted by atomic mass is 79.9. The zero-order chi connectivity index (χ0) is 12.8. The summed E-state index contributed by atoms with van der Waals surface area (Å²) < 4.78 is 0.921. The minimum atomic E-state index is -0.251. The van der Waals surface area contributed by atoms with E-state index in [4.69, 9.17) is 0 Å². The van der Waals surface area contributed by atoms with Crippen LogP contribution in [0.15, 0.2) is 53.1 Å². The van der Waals surface area contributed by atoms with Gasteiger partial charge in [0.2, 0.25) is 0 Å². The van der Waals surface area contributed by atoms with Crippen LogP contribution in [0.25, 0.3) is 0 Å². The van der Waals surface area contributed by atoms with Crippen molar-refractivity contribution < 1.29 is 4.79 Å². The number of benzene rings is 1. The van der Waals surface area contributed by atoms with Crippen molar-refractivity contribution >= 4 is 27.6 Å². The van der Waals surface area contributed by atoms with Crippen molar-refractivity contribution in [3.05, 3.63) is 58.8 Å². The van der Waals surface area contributed by atoms with Gasteiger partial charge in [0, 0.05) is 16.4 Å². The molecular weight excluding hydrogens is 294 g/mol. The Morgan fingerprint density at radius 3 is 2.83 bits per heavy atom. The minimum absolute atomic E-state index is 0.251. The minimum Gasteiger partial charge on any atom is -0.332 e. The summed E-state index contributed by atoms with van der Waals surface area (Å²) in [7, 11) is 0. The molecule has 0 spiro atoms. The molecule has 2 rings (SSSR count). The number of anilines is 1. The van der Waals surface area contributed by atoms with Crippen LogP contribution in [-0.4, -0.2) is 11.0 Å². The monoisotopic (exact) mass is 305 g/mol. The number of pyridine rings is 1. The SMILES string of the molecule is O=C(NCc1ccccn1)Nc1cccc(Br)c1. The van der Waals surface area contributed by atoms with Gasteiger partial charge in [0.1, 0.15) is 0 Å². The molecule has 5 heteroatoms. The summed E-state index contributed by atoms with van der Waals surface area (Å²) >= 11 is 3.35. The van der Waals surface area contributed by atoms with E-state index >= 15 is 0 Å². The molecular formula is C13H12BrN3O. The molecule has 2 N–H and O–H groups in total. The van der Waals surface area contributed by atoms with Gasteiger partial charge in [-0.3, -0.25) is 4.98 Å². The zero-order valence-corrected chi connectivity index (χ0v) is 11.1. The van der Waals surface area contributed by atoms with Gasteiger partial charge in [-0.2, -0.15) is 0 Å². The lowest BCUT2D eigenvalue weighted by atomic mass is 10.3. The second-order valence-electron chi connectivity index (χ2n) is 3.64. The topological polar surface area (TPSA) is 54.0 Å². The molecule has 2 amide bonds. The first kappa shape index (κ1) is 12.6. The van der Waals surface area contributed by atoms with Crippen molar-refractivity contribution in [3.63, 3.8) is 0 Å². The van der Waals surface area contributed by atoms with Gasteiger partial charge < -0.3 is 10.6 Å². The highest BCUT2D eigenvalue weighted by molar-refractivity contribution is 9.10. The third-order valence-corrected chi connectivity index (χ3v) is 2.73. The summed E-state index contributed by atoms with van der Waals surface area (Å²) in [5.74, 6) is 0. The predicted octanol–water partition coefficient (Wildman–Crippen LogP) is 3.17. The van der Waals surface area contributed by atoms with E-state index in [1.54, 1.807) is 6.20 Å². The molecule has 0 atom stereocenters. The number of halogens is 1. The van der Waals surface area contributed by atoms with Gasteiger partial charge in [0.25, 0.3) is 0 Å². The Kier molecular flexibility index (Phi) is 4.30. The van der Waals surface area contributed by atoms with Crippen LogP contribution < -0.4 is 10.6 Å². The average Bonchev–Trinajstić information content (AvgIpc) is 2.38. The Morgan fingerprint density at radius 2 is 2.11 bits per heavy atom. The Labute approximate surface area is 114 Å². The van der Waals surface area contributed by atoms with Crippen molar-refractivity contribution in [2.45, 2.75) is 6.54 Å². The van der Waals surface area contributed by atoms with Crippen LogP contribution in [0.1, 0.15) is 5.69 Å².